The molecule has 154 valence electrons. The summed E-state index contributed by atoms with van der Waals surface area (Å²) in [5, 5.41) is 12.4. The molecule has 1 N–H and O–H groups in total. The van der Waals surface area contributed by atoms with E-state index in [-0.39, 0.29) is 33.4 Å². The molecule has 8 nitrogen and oxygen atoms in total. The monoisotopic (exact) mass is 482 g/mol. The van der Waals surface area contributed by atoms with Crippen molar-refractivity contribution in [3.63, 3.8) is 0 Å². The van der Waals surface area contributed by atoms with Crippen molar-refractivity contribution in [1.29, 1.82) is 5.26 Å². The summed E-state index contributed by atoms with van der Waals surface area (Å²) < 4.78 is 21.3. The van der Waals surface area contributed by atoms with Gasteiger partial charge in [-0.05, 0) is 41.4 Å². The average Bonchev–Trinajstić information content (AvgIpc) is 3.02. The normalized spacial score (nSPS) is 10.1. The van der Waals surface area contributed by atoms with E-state index in [1.807, 2.05) is 6.07 Å². The van der Waals surface area contributed by atoms with E-state index in [2.05, 4.69) is 21.2 Å². The fraction of sp³-hybridized carbons (Fsp3) is 0.316. The number of amides is 1. The first-order chi connectivity index (χ1) is 13.8. The molecule has 0 spiro atoms. The molecule has 0 radical (unpaired) electrons. The van der Waals surface area contributed by atoms with Crippen molar-refractivity contribution in [2.45, 2.75) is 13.8 Å². The summed E-state index contributed by atoms with van der Waals surface area (Å²) in [6, 6.07) is 3.51. The van der Waals surface area contributed by atoms with Crippen LogP contribution in [0.25, 0.3) is 0 Å². The van der Waals surface area contributed by atoms with Crippen LogP contribution in [0.4, 0.5) is 5.00 Å². The lowest BCUT2D eigenvalue weighted by molar-refractivity contribution is 0.0531. The Morgan fingerprint density at radius 2 is 1.86 bits per heavy atom. The Hall–Kier alpha value is -2.77. The fourth-order valence-electron chi connectivity index (χ4n) is 2.58. The topological polar surface area (TPSA) is 107 Å². The van der Waals surface area contributed by atoms with Gasteiger partial charge in [0.15, 0.2) is 11.5 Å². The summed E-state index contributed by atoms with van der Waals surface area (Å²) in [6.45, 7) is 3.53. The number of benzene rings is 1. The van der Waals surface area contributed by atoms with Crippen LogP contribution in [0.3, 0.4) is 0 Å². The van der Waals surface area contributed by atoms with E-state index in [1.54, 1.807) is 13.8 Å². The molecule has 1 heterocycles. The van der Waals surface area contributed by atoms with Crippen molar-refractivity contribution >= 4 is 44.1 Å². The molecule has 2 aromatic rings. The number of hydrogen-bond donors (Lipinski definition) is 1. The predicted octanol–water partition coefficient (Wildman–Crippen LogP) is 4.15. The number of carbonyl (C=O) groups excluding carboxylic acids is 2. The number of nitrogens with zero attached hydrogens (tertiary/aromatic N) is 1. The van der Waals surface area contributed by atoms with Crippen LogP contribution in [-0.2, 0) is 4.74 Å². The van der Waals surface area contributed by atoms with E-state index in [9.17, 15) is 14.9 Å². The third-order valence-corrected chi connectivity index (χ3v) is 5.94. The Bertz CT molecular complexity index is 996. The molecule has 0 fully saturated rings. The van der Waals surface area contributed by atoms with E-state index in [0.717, 1.165) is 11.3 Å². The zero-order chi connectivity index (χ0) is 21.7. The first-order valence-electron chi connectivity index (χ1n) is 8.34. The van der Waals surface area contributed by atoms with Gasteiger partial charge in [0.1, 0.15) is 15.9 Å². The number of rotatable bonds is 7. The van der Waals surface area contributed by atoms with Crippen LogP contribution >= 0.6 is 27.3 Å². The van der Waals surface area contributed by atoms with Gasteiger partial charge in [0.05, 0.1) is 43.5 Å². The highest BCUT2D eigenvalue weighted by atomic mass is 79.9. The van der Waals surface area contributed by atoms with E-state index in [4.69, 9.17) is 18.9 Å². The van der Waals surface area contributed by atoms with Crippen LogP contribution in [0, 0.1) is 18.3 Å². The zero-order valence-corrected chi connectivity index (χ0v) is 18.9. The predicted molar refractivity (Wildman–Crippen MR) is 111 cm³/mol. The average molecular weight is 483 g/mol. The van der Waals surface area contributed by atoms with Gasteiger partial charge in [-0.2, -0.15) is 5.26 Å². The van der Waals surface area contributed by atoms with Gasteiger partial charge in [0, 0.05) is 0 Å². The highest BCUT2D eigenvalue weighted by Crippen LogP contribution is 2.45. The van der Waals surface area contributed by atoms with Crippen molar-refractivity contribution in [3.05, 3.63) is 32.1 Å². The molecule has 0 bridgehead atoms. The second kappa shape index (κ2) is 9.62. The van der Waals surface area contributed by atoms with Crippen molar-refractivity contribution in [3.8, 4) is 23.3 Å². The quantitative estimate of drug-likeness (QED) is 0.590. The number of thiophene rings is 1. The smallest absolute Gasteiger partial charge is 0.348 e. The van der Waals surface area contributed by atoms with Crippen LogP contribution in [-0.4, -0.2) is 39.8 Å². The Kier molecular flexibility index (Phi) is 7.47. The van der Waals surface area contributed by atoms with Crippen molar-refractivity contribution in [2.24, 2.45) is 0 Å². The SMILES string of the molecule is CCOC(=O)c1sc(NC(=O)c2cc(OC)c(OC)c(OC)c2Br)c(C#N)c1C. The first kappa shape index (κ1) is 22.5. The van der Waals surface area contributed by atoms with Crippen LogP contribution in [0.15, 0.2) is 10.5 Å². The molecule has 1 amide bonds. The Labute approximate surface area is 180 Å². The van der Waals surface area contributed by atoms with Gasteiger partial charge in [0.25, 0.3) is 5.91 Å². The fourth-order valence-corrected chi connectivity index (χ4v) is 4.27. The third kappa shape index (κ3) is 4.31. The van der Waals surface area contributed by atoms with Gasteiger partial charge in [0.2, 0.25) is 5.75 Å². The maximum absolute atomic E-state index is 12.9. The number of esters is 1. The number of carbonyl (C=O) groups is 2. The summed E-state index contributed by atoms with van der Waals surface area (Å²) in [4.78, 5) is 25.3. The summed E-state index contributed by atoms with van der Waals surface area (Å²) in [7, 11) is 4.33. The van der Waals surface area contributed by atoms with Crippen LogP contribution in [0.2, 0.25) is 0 Å². The highest BCUT2D eigenvalue weighted by molar-refractivity contribution is 9.10. The van der Waals surface area contributed by atoms with Gasteiger partial charge < -0.3 is 24.3 Å². The van der Waals surface area contributed by atoms with Crippen LogP contribution in [0.1, 0.15) is 38.1 Å². The molecular formula is C19H19BrN2O6S. The van der Waals surface area contributed by atoms with Crippen molar-refractivity contribution in [2.75, 3.05) is 33.3 Å². The van der Waals surface area contributed by atoms with Gasteiger partial charge in [-0.25, -0.2) is 4.79 Å². The van der Waals surface area contributed by atoms with Crippen molar-refractivity contribution < 1.29 is 28.5 Å². The Balaban J connectivity index is 2.50. The van der Waals surface area contributed by atoms with Gasteiger partial charge in [-0.15, -0.1) is 11.3 Å². The lowest BCUT2D eigenvalue weighted by atomic mass is 10.1. The molecule has 2 rings (SSSR count). The summed E-state index contributed by atoms with van der Waals surface area (Å²) in [6.07, 6.45) is 0. The minimum Gasteiger partial charge on any atom is -0.493 e. The minimum atomic E-state index is -0.541. The van der Waals surface area contributed by atoms with Crippen molar-refractivity contribution in [1.82, 2.24) is 0 Å². The summed E-state index contributed by atoms with van der Waals surface area (Å²) >= 11 is 4.34. The number of hydrogen-bond acceptors (Lipinski definition) is 8. The second-order valence-corrected chi connectivity index (χ2v) is 7.37. The van der Waals surface area contributed by atoms with E-state index < -0.39 is 11.9 Å². The maximum atomic E-state index is 12.9. The lowest BCUT2D eigenvalue weighted by Gasteiger charge is -2.16. The molecule has 0 saturated carbocycles. The molecule has 0 aliphatic carbocycles. The molecule has 1 aromatic heterocycles. The molecule has 29 heavy (non-hydrogen) atoms. The lowest BCUT2D eigenvalue weighted by Crippen LogP contribution is -2.13. The first-order valence-corrected chi connectivity index (χ1v) is 9.95. The van der Waals surface area contributed by atoms with Gasteiger partial charge >= 0.3 is 5.97 Å². The number of anilines is 1. The Morgan fingerprint density at radius 1 is 1.21 bits per heavy atom. The second-order valence-electron chi connectivity index (χ2n) is 5.55. The van der Waals surface area contributed by atoms with E-state index in [1.165, 1.54) is 27.4 Å². The number of methoxy groups -OCH3 is 3. The molecule has 0 aliphatic heterocycles. The number of nitriles is 1. The third-order valence-electron chi connectivity index (χ3n) is 3.96. The van der Waals surface area contributed by atoms with Crippen LogP contribution in [0.5, 0.6) is 17.2 Å². The molecule has 0 aliphatic rings. The standard InChI is InChI=1S/C19H19BrN2O6S/c1-6-28-19(24)16-9(2)11(8-21)18(29-16)22-17(23)10-7-12(25-3)14(26-4)15(27-5)13(10)20/h7H,6H2,1-5H3,(H,22,23). The largest absolute Gasteiger partial charge is 0.493 e. The molecule has 10 heteroatoms. The number of halogens is 1. The maximum Gasteiger partial charge on any atom is 0.348 e. The molecule has 0 unspecified atom stereocenters. The van der Waals surface area contributed by atoms with Gasteiger partial charge in [-0.3, -0.25) is 4.79 Å². The molecule has 0 saturated heterocycles. The highest BCUT2D eigenvalue weighted by Gasteiger charge is 2.26. The summed E-state index contributed by atoms with van der Waals surface area (Å²) in [5.41, 5.74) is 0.859. The molecule has 1 aromatic carbocycles. The van der Waals surface area contributed by atoms with Crippen LogP contribution < -0.4 is 19.5 Å². The van der Waals surface area contributed by atoms with Gasteiger partial charge in [-0.1, -0.05) is 0 Å². The molecular weight excluding hydrogens is 464 g/mol. The van der Waals surface area contributed by atoms with E-state index in [0.29, 0.717) is 21.5 Å². The summed E-state index contributed by atoms with van der Waals surface area (Å²) in [5.74, 6) is -0.155. The molecule has 0 atom stereocenters. The minimum absolute atomic E-state index is 0.201. The zero-order valence-electron chi connectivity index (χ0n) is 16.5. The van der Waals surface area contributed by atoms with E-state index >= 15 is 0 Å². The number of nitrogens with one attached hydrogen (secondary N) is 1. The Morgan fingerprint density at radius 3 is 2.38 bits per heavy atom. The number of ether oxygens (including phenoxy) is 4.